The molecule has 1 aromatic heterocycles. The number of aromatic nitrogens is 2. The number of hydrogen-bond donors (Lipinski definition) is 1. The van der Waals surface area contributed by atoms with Gasteiger partial charge in [-0.1, -0.05) is 13.8 Å². The summed E-state index contributed by atoms with van der Waals surface area (Å²) in [5, 5.41) is 6.92. The van der Waals surface area contributed by atoms with Crippen molar-refractivity contribution in [3.05, 3.63) is 18.0 Å². The number of likely N-dealkylation sites (N-methyl/N-ethyl adjacent to an activating group) is 1. The summed E-state index contributed by atoms with van der Waals surface area (Å²) in [6.07, 6.45) is 4.11. The Kier molecular flexibility index (Phi) is 9.13. The molecule has 9 heteroatoms. The fourth-order valence-electron chi connectivity index (χ4n) is 2.76. The van der Waals surface area contributed by atoms with Gasteiger partial charge in [-0.05, 0) is 33.6 Å². The highest BCUT2D eigenvalue weighted by Crippen LogP contribution is 2.24. The summed E-state index contributed by atoms with van der Waals surface area (Å²) in [6, 6.07) is -0.941. The second kappa shape index (κ2) is 10.8. The van der Waals surface area contributed by atoms with Crippen LogP contribution in [0.1, 0.15) is 59.1 Å². The smallest absolute Gasteiger partial charge is 0.410 e. The Bertz CT molecular complexity index is 695. The van der Waals surface area contributed by atoms with Crippen LogP contribution in [-0.2, 0) is 21.4 Å². The lowest BCUT2D eigenvalue weighted by atomic mass is 10.1. The molecule has 0 fully saturated rings. The van der Waals surface area contributed by atoms with E-state index in [1.807, 2.05) is 13.8 Å². The first-order valence-corrected chi connectivity index (χ1v) is 10.00. The minimum Gasteiger partial charge on any atom is -0.444 e. The molecule has 1 unspecified atom stereocenters. The minimum absolute atomic E-state index is 0.0639. The van der Waals surface area contributed by atoms with Gasteiger partial charge in [0.05, 0.1) is 12.7 Å². The maximum absolute atomic E-state index is 13.4. The van der Waals surface area contributed by atoms with E-state index >= 15 is 0 Å². The van der Waals surface area contributed by atoms with Crippen LogP contribution in [0.4, 0.5) is 4.79 Å². The van der Waals surface area contributed by atoms with Crippen molar-refractivity contribution in [1.29, 1.82) is 0 Å². The molecule has 9 nitrogen and oxygen atoms in total. The average molecular weight is 410 g/mol. The van der Waals surface area contributed by atoms with E-state index in [-0.39, 0.29) is 18.4 Å². The normalized spacial score (nSPS) is 12.2. The van der Waals surface area contributed by atoms with Crippen LogP contribution in [-0.4, -0.2) is 69.8 Å². The van der Waals surface area contributed by atoms with Crippen LogP contribution >= 0.6 is 0 Å². The quantitative estimate of drug-likeness (QED) is 0.674. The summed E-state index contributed by atoms with van der Waals surface area (Å²) in [5.41, 5.74) is -0.141. The van der Waals surface area contributed by atoms with Gasteiger partial charge < -0.3 is 15.0 Å². The highest BCUT2D eigenvalue weighted by atomic mass is 16.6. The number of ether oxygens (including phenoxy) is 1. The van der Waals surface area contributed by atoms with Crippen molar-refractivity contribution < 1.29 is 19.1 Å². The molecule has 0 aromatic carbocycles. The number of amides is 3. The second-order valence-electron chi connectivity index (χ2n) is 8.05. The predicted molar refractivity (Wildman–Crippen MR) is 110 cm³/mol. The molecule has 0 bridgehead atoms. The number of aryl methyl sites for hydroxylation is 1. The lowest BCUT2D eigenvalue weighted by Crippen LogP contribution is -2.48. The molecule has 3 amide bonds. The average Bonchev–Trinajstić information content (AvgIpc) is 3.04. The predicted octanol–water partition coefficient (Wildman–Crippen LogP) is 2.09. The summed E-state index contributed by atoms with van der Waals surface area (Å²) in [4.78, 5) is 41.0. The first kappa shape index (κ1) is 24.5. The summed E-state index contributed by atoms with van der Waals surface area (Å²) in [7, 11) is 3.26. The zero-order chi connectivity index (χ0) is 22.2. The minimum atomic E-state index is -0.941. The molecule has 1 aromatic rings. The van der Waals surface area contributed by atoms with Gasteiger partial charge in [-0.3, -0.25) is 19.2 Å². The third-order valence-corrected chi connectivity index (χ3v) is 4.06. The van der Waals surface area contributed by atoms with E-state index in [0.717, 1.165) is 6.42 Å². The summed E-state index contributed by atoms with van der Waals surface area (Å²) < 4.78 is 7.01. The monoisotopic (exact) mass is 409 g/mol. The molecule has 0 radical (unpaired) electrons. The Morgan fingerprint density at radius 1 is 1.24 bits per heavy atom. The molecule has 0 saturated carbocycles. The summed E-state index contributed by atoms with van der Waals surface area (Å²) >= 11 is 0. The maximum Gasteiger partial charge on any atom is 0.410 e. The van der Waals surface area contributed by atoms with Gasteiger partial charge in [0.2, 0.25) is 5.91 Å². The molecule has 1 N–H and O–H groups in total. The lowest BCUT2D eigenvalue weighted by molar-refractivity contribution is -0.140. The van der Waals surface area contributed by atoms with Gasteiger partial charge in [0.1, 0.15) is 11.6 Å². The Morgan fingerprint density at radius 2 is 1.90 bits per heavy atom. The molecule has 29 heavy (non-hydrogen) atoms. The first-order valence-electron chi connectivity index (χ1n) is 10.00. The molecular formula is C20H35N5O4. The third kappa shape index (κ3) is 7.75. The summed E-state index contributed by atoms with van der Waals surface area (Å²) in [5.74, 6) is -0.571. The molecule has 164 valence electrons. The van der Waals surface area contributed by atoms with E-state index in [9.17, 15) is 14.4 Å². The highest BCUT2D eigenvalue weighted by molar-refractivity contribution is 5.90. The van der Waals surface area contributed by atoms with Crippen LogP contribution in [0.5, 0.6) is 0 Å². The van der Waals surface area contributed by atoms with Crippen molar-refractivity contribution in [3.8, 4) is 0 Å². The zero-order valence-electron chi connectivity index (χ0n) is 18.7. The fourth-order valence-corrected chi connectivity index (χ4v) is 2.76. The second-order valence-corrected chi connectivity index (χ2v) is 8.05. The van der Waals surface area contributed by atoms with Crippen molar-refractivity contribution in [2.45, 2.75) is 59.1 Å². The lowest BCUT2D eigenvalue weighted by Gasteiger charge is -2.33. The first-order chi connectivity index (χ1) is 13.5. The molecule has 1 rings (SSSR count). The molecule has 0 aliphatic carbocycles. The topological polar surface area (TPSA) is 96.8 Å². The van der Waals surface area contributed by atoms with Gasteiger partial charge in [0, 0.05) is 38.9 Å². The van der Waals surface area contributed by atoms with Crippen LogP contribution < -0.4 is 5.32 Å². The van der Waals surface area contributed by atoms with Crippen LogP contribution in [0.3, 0.4) is 0 Å². The van der Waals surface area contributed by atoms with E-state index < -0.39 is 17.7 Å². The van der Waals surface area contributed by atoms with Crippen LogP contribution in [0, 0.1) is 0 Å². The van der Waals surface area contributed by atoms with E-state index in [2.05, 4.69) is 10.4 Å². The number of nitrogens with one attached hydrogen (secondary N) is 1. The molecule has 0 spiro atoms. The standard InChI is InChI=1S/C20H35N5O4/c1-8-10-21-16(26)14-25(11-9-2)18(27)17(15-12-22-23(6)13-15)24(7)19(28)29-20(3,4)5/h12-13,17H,8-11,14H2,1-7H3,(H,21,26). The Balaban J connectivity index is 3.16. The van der Waals surface area contributed by atoms with Crippen LogP contribution in [0.25, 0.3) is 0 Å². The number of hydrogen-bond acceptors (Lipinski definition) is 5. The van der Waals surface area contributed by atoms with Crippen molar-refractivity contribution in [2.24, 2.45) is 7.05 Å². The van der Waals surface area contributed by atoms with Gasteiger partial charge in [-0.25, -0.2) is 4.79 Å². The van der Waals surface area contributed by atoms with E-state index in [0.29, 0.717) is 25.1 Å². The molecule has 0 saturated heterocycles. The van der Waals surface area contributed by atoms with Crippen molar-refractivity contribution in [3.63, 3.8) is 0 Å². The van der Waals surface area contributed by atoms with Gasteiger partial charge >= 0.3 is 6.09 Å². The number of nitrogens with zero attached hydrogens (tertiary/aromatic N) is 4. The van der Waals surface area contributed by atoms with Gasteiger partial charge in [-0.2, -0.15) is 5.10 Å². The molecule has 0 aliphatic heterocycles. The van der Waals surface area contributed by atoms with E-state index in [4.69, 9.17) is 4.74 Å². The molecule has 1 heterocycles. The Hall–Kier alpha value is -2.58. The molecule has 1 atom stereocenters. The third-order valence-electron chi connectivity index (χ3n) is 4.06. The number of carbonyl (C=O) groups is 3. The maximum atomic E-state index is 13.4. The molecular weight excluding hydrogens is 374 g/mol. The van der Waals surface area contributed by atoms with Crippen molar-refractivity contribution in [2.75, 3.05) is 26.7 Å². The van der Waals surface area contributed by atoms with Crippen LogP contribution in [0.2, 0.25) is 0 Å². The highest BCUT2D eigenvalue weighted by Gasteiger charge is 2.35. The van der Waals surface area contributed by atoms with E-state index in [1.54, 1.807) is 44.9 Å². The largest absolute Gasteiger partial charge is 0.444 e. The van der Waals surface area contributed by atoms with Gasteiger partial charge in [0.25, 0.3) is 5.91 Å². The SMILES string of the molecule is CCCNC(=O)CN(CCC)C(=O)C(c1cnn(C)c1)N(C)C(=O)OC(C)(C)C. The molecule has 0 aliphatic rings. The zero-order valence-corrected chi connectivity index (χ0v) is 18.7. The van der Waals surface area contributed by atoms with Crippen LogP contribution in [0.15, 0.2) is 12.4 Å². The Labute approximate surface area is 173 Å². The Morgan fingerprint density at radius 3 is 2.38 bits per heavy atom. The number of carbonyl (C=O) groups excluding carboxylic acids is 3. The van der Waals surface area contributed by atoms with E-state index in [1.165, 1.54) is 16.8 Å². The van der Waals surface area contributed by atoms with Gasteiger partial charge in [-0.15, -0.1) is 0 Å². The number of rotatable bonds is 9. The van der Waals surface area contributed by atoms with Crippen molar-refractivity contribution >= 4 is 17.9 Å². The van der Waals surface area contributed by atoms with Gasteiger partial charge in [0.15, 0.2) is 0 Å². The fraction of sp³-hybridized carbons (Fsp3) is 0.700. The van der Waals surface area contributed by atoms with Crippen molar-refractivity contribution in [1.82, 2.24) is 24.9 Å². The summed E-state index contributed by atoms with van der Waals surface area (Å²) in [6.45, 7) is 10.1.